The summed E-state index contributed by atoms with van der Waals surface area (Å²) in [5, 5.41) is 1.68. The third-order valence-corrected chi connectivity index (χ3v) is 6.65. The lowest BCUT2D eigenvalue weighted by molar-refractivity contribution is -0.122. The average molecular weight is 497 g/mol. The quantitative estimate of drug-likeness (QED) is 0.316. The molecule has 0 spiro atoms. The fourth-order valence-electron chi connectivity index (χ4n) is 3.29. The van der Waals surface area contributed by atoms with E-state index in [9.17, 15) is 4.79 Å². The number of para-hydroxylation sites is 2. The molecule has 0 aromatic heterocycles. The van der Waals surface area contributed by atoms with Gasteiger partial charge in [-0.05, 0) is 60.2 Å². The van der Waals surface area contributed by atoms with Crippen molar-refractivity contribution in [2.75, 3.05) is 6.54 Å². The Kier molecular flexibility index (Phi) is 7.76. The van der Waals surface area contributed by atoms with Gasteiger partial charge in [-0.15, -0.1) is 0 Å². The van der Waals surface area contributed by atoms with Crippen LogP contribution >= 0.6 is 35.0 Å². The number of thioether (sulfide) groups is 1. The van der Waals surface area contributed by atoms with Crippen molar-refractivity contribution in [2.24, 2.45) is 4.99 Å². The minimum absolute atomic E-state index is 0.0455. The Hall–Kier alpha value is -2.73. The Morgan fingerprint density at radius 3 is 2.52 bits per heavy atom. The molecule has 1 amide bonds. The number of amides is 1. The summed E-state index contributed by atoms with van der Waals surface area (Å²) >= 11 is 13.5. The number of benzene rings is 3. The van der Waals surface area contributed by atoms with E-state index in [-0.39, 0.29) is 5.91 Å². The number of aliphatic imine (C=N–C) groups is 1. The first-order chi connectivity index (χ1) is 16.0. The number of carbonyl (C=O) groups excluding carboxylic acids is 1. The van der Waals surface area contributed by atoms with Gasteiger partial charge in [0.2, 0.25) is 0 Å². The van der Waals surface area contributed by atoms with Gasteiger partial charge in [-0.1, -0.05) is 72.6 Å². The molecule has 168 valence electrons. The van der Waals surface area contributed by atoms with E-state index in [2.05, 4.69) is 0 Å². The maximum atomic E-state index is 13.1. The summed E-state index contributed by atoms with van der Waals surface area (Å²) in [6, 6.07) is 22.7. The molecular weight excluding hydrogens is 475 g/mol. The predicted molar refractivity (Wildman–Crippen MR) is 138 cm³/mol. The van der Waals surface area contributed by atoms with Gasteiger partial charge in [0.05, 0.1) is 20.6 Å². The van der Waals surface area contributed by atoms with E-state index in [1.54, 1.807) is 17.0 Å². The van der Waals surface area contributed by atoms with Gasteiger partial charge >= 0.3 is 0 Å². The summed E-state index contributed by atoms with van der Waals surface area (Å²) < 4.78 is 6.05. The first kappa shape index (κ1) is 23.4. The van der Waals surface area contributed by atoms with Crippen LogP contribution in [0.2, 0.25) is 10.0 Å². The Bertz CT molecular complexity index is 1210. The first-order valence-corrected chi connectivity index (χ1v) is 12.1. The van der Waals surface area contributed by atoms with Crippen molar-refractivity contribution < 1.29 is 9.53 Å². The van der Waals surface area contributed by atoms with Gasteiger partial charge in [-0.2, -0.15) is 0 Å². The van der Waals surface area contributed by atoms with Crippen molar-refractivity contribution in [3.05, 3.63) is 98.9 Å². The van der Waals surface area contributed by atoms with Gasteiger partial charge < -0.3 is 4.74 Å². The summed E-state index contributed by atoms with van der Waals surface area (Å²) in [5.41, 5.74) is 2.55. The van der Waals surface area contributed by atoms with Gasteiger partial charge in [0, 0.05) is 12.1 Å². The van der Waals surface area contributed by atoms with E-state index in [4.69, 9.17) is 32.9 Å². The summed E-state index contributed by atoms with van der Waals surface area (Å²) in [7, 11) is 0. The monoisotopic (exact) mass is 496 g/mol. The van der Waals surface area contributed by atoms with Crippen LogP contribution in [0.15, 0.2) is 82.7 Å². The number of hydrogen-bond acceptors (Lipinski definition) is 4. The second-order valence-corrected chi connectivity index (χ2v) is 9.20. The fourth-order valence-corrected chi connectivity index (χ4v) is 4.62. The molecule has 1 saturated heterocycles. The molecule has 7 heteroatoms. The van der Waals surface area contributed by atoms with Crippen molar-refractivity contribution >= 4 is 57.8 Å². The standard InChI is InChI=1S/C26H22Cl2N2O2S/c1-2-14-30-25(31)24(33-26(30)29-20-9-4-3-5-10-20)16-19-8-6-7-11-23(19)32-17-18-12-13-21(27)22(28)15-18/h3-13,15-16H,2,14,17H2,1H3/b24-16+,29-26?. The maximum absolute atomic E-state index is 13.1. The van der Waals surface area contributed by atoms with E-state index in [1.807, 2.05) is 73.7 Å². The van der Waals surface area contributed by atoms with E-state index < -0.39 is 0 Å². The lowest BCUT2D eigenvalue weighted by atomic mass is 10.1. The normalized spacial score (nSPS) is 16.1. The van der Waals surface area contributed by atoms with E-state index in [0.717, 1.165) is 23.2 Å². The fraction of sp³-hybridized carbons (Fsp3) is 0.154. The second-order valence-electron chi connectivity index (χ2n) is 7.37. The molecule has 0 unspecified atom stereocenters. The molecule has 3 aromatic rings. The second kappa shape index (κ2) is 10.9. The Balaban J connectivity index is 1.58. The van der Waals surface area contributed by atoms with Crippen LogP contribution in [-0.4, -0.2) is 22.5 Å². The topological polar surface area (TPSA) is 41.9 Å². The molecule has 4 nitrogen and oxygen atoms in total. The minimum Gasteiger partial charge on any atom is -0.488 e. The third-order valence-electron chi connectivity index (χ3n) is 4.90. The van der Waals surface area contributed by atoms with Gasteiger partial charge in [0.1, 0.15) is 12.4 Å². The molecule has 1 heterocycles. The zero-order valence-electron chi connectivity index (χ0n) is 18.0. The predicted octanol–water partition coefficient (Wildman–Crippen LogP) is 7.59. The first-order valence-electron chi connectivity index (χ1n) is 10.6. The maximum Gasteiger partial charge on any atom is 0.266 e. The Labute approximate surface area is 207 Å². The SMILES string of the molecule is CCCN1C(=O)/C(=C\c2ccccc2OCc2ccc(Cl)c(Cl)c2)SC1=Nc1ccccc1. The molecule has 0 atom stereocenters. The molecule has 1 aliphatic heterocycles. The Morgan fingerprint density at radius 1 is 1.00 bits per heavy atom. The molecule has 0 radical (unpaired) electrons. The van der Waals surface area contributed by atoms with Crippen molar-refractivity contribution in [1.82, 2.24) is 4.90 Å². The number of halogens is 2. The molecular formula is C26H22Cl2N2O2S. The van der Waals surface area contributed by atoms with Crippen molar-refractivity contribution in [2.45, 2.75) is 20.0 Å². The molecule has 0 bridgehead atoms. The summed E-state index contributed by atoms with van der Waals surface area (Å²) in [6.07, 6.45) is 2.71. The van der Waals surface area contributed by atoms with Crippen LogP contribution in [0, 0.1) is 0 Å². The number of hydrogen-bond donors (Lipinski definition) is 0. The smallest absolute Gasteiger partial charge is 0.266 e. The molecule has 33 heavy (non-hydrogen) atoms. The highest BCUT2D eigenvalue weighted by Gasteiger charge is 2.33. The van der Waals surface area contributed by atoms with Crippen LogP contribution < -0.4 is 4.74 Å². The number of nitrogens with zero attached hydrogens (tertiary/aromatic N) is 2. The molecule has 1 fully saturated rings. The van der Waals surface area contributed by atoms with Gasteiger partial charge in [-0.25, -0.2) is 4.99 Å². The minimum atomic E-state index is -0.0455. The van der Waals surface area contributed by atoms with E-state index in [0.29, 0.717) is 39.0 Å². The number of amidine groups is 1. The van der Waals surface area contributed by atoms with Gasteiger partial charge in [0.25, 0.3) is 5.91 Å². The largest absolute Gasteiger partial charge is 0.488 e. The highest BCUT2D eigenvalue weighted by Crippen LogP contribution is 2.36. The molecule has 0 saturated carbocycles. The lowest BCUT2D eigenvalue weighted by Gasteiger charge is -2.14. The van der Waals surface area contributed by atoms with Crippen molar-refractivity contribution in [3.63, 3.8) is 0 Å². The summed E-state index contributed by atoms with van der Waals surface area (Å²) in [5.74, 6) is 0.635. The van der Waals surface area contributed by atoms with Crippen LogP contribution in [0.4, 0.5) is 5.69 Å². The molecule has 1 aliphatic rings. The number of ether oxygens (including phenoxy) is 1. The van der Waals surface area contributed by atoms with Crippen LogP contribution in [0.25, 0.3) is 6.08 Å². The zero-order valence-corrected chi connectivity index (χ0v) is 20.3. The number of carbonyl (C=O) groups is 1. The summed E-state index contributed by atoms with van der Waals surface area (Å²) in [6.45, 7) is 3.00. The average Bonchev–Trinajstić information content (AvgIpc) is 3.10. The zero-order chi connectivity index (χ0) is 23.2. The number of rotatable bonds is 7. The van der Waals surface area contributed by atoms with E-state index >= 15 is 0 Å². The summed E-state index contributed by atoms with van der Waals surface area (Å²) in [4.78, 5) is 20.2. The highest BCUT2D eigenvalue weighted by molar-refractivity contribution is 8.18. The molecule has 3 aromatic carbocycles. The third kappa shape index (κ3) is 5.80. The van der Waals surface area contributed by atoms with Gasteiger partial charge in [0.15, 0.2) is 5.17 Å². The highest BCUT2D eigenvalue weighted by atomic mass is 35.5. The van der Waals surface area contributed by atoms with Crippen LogP contribution in [0.1, 0.15) is 24.5 Å². The Morgan fingerprint density at radius 2 is 1.76 bits per heavy atom. The van der Waals surface area contributed by atoms with Crippen LogP contribution in [0.3, 0.4) is 0 Å². The van der Waals surface area contributed by atoms with Crippen molar-refractivity contribution in [1.29, 1.82) is 0 Å². The van der Waals surface area contributed by atoms with Crippen LogP contribution in [-0.2, 0) is 11.4 Å². The lowest BCUT2D eigenvalue weighted by Crippen LogP contribution is -2.29. The molecule has 0 N–H and O–H groups in total. The van der Waals surface area contributed by atoms with E-state index in [1.165, 1.54) is 11.8 Å². The van der Waals surface area contributed by atoms with Crippen molar-refractivity contribution in [3.8, 4) is 5.75 Å². The van der Waals surface area contributed by atoms with Crippen LogP contribution in [0.5, 0.6) is 5.75 Å². The van der Waals surface area contributed by atoms with Gasteiger partial charge in [-0.3, -0.25) is 9.69 Å². The molecule has 4 rings (SSSR count). The molecule has 0 aliphatic carbocycles.